The second kappa shape index (κ2) is 3.64. The molecular formula is C13H18ClNO. The summed E-state index contributed by atoms with van der Waals surface area (Å²) in [5, 5.41) is 10.4. The zero-order chi connectivity index (χ0) is 12.1. The van der Waals surface area contributed by atoms with Crippen LogP contribution in [-0.4, -0.2) is 11.7 Å². The Morgan fingerprint density at radius 3 is 2.19 bits per heavy atom. The van der Waals surface area contributed by atoms with Crippen molar-refractivity contribution in [3.05, 3.63) is 27.3 Å². The summed E-state index contributed by atoms with van der Waals surface area (Å²) in [7, 11) is 0. The van der Waals surface area contributed by atoms with Crippen LogP contribution in [0.1, 0.15) is 35.1 Å². The van der Waals surface area contributed by atoms with Crippen molar-refractivity contribution in [2.24, 2.45) is 5.73 Å². The third kappa shape index (κ3) is 1.44. The summed E-state index contributed by atoms with van der Waals surface area (Å²) >= 11 is 6.16. The molecule has 16 heavy (non-hydrogen) atoms. The van der Waals surface area contributed by atoms with Crippen LogP contribution >= 0.6 is 11.6 Å². The van der Waals surface area contributed by atoms with Gasteiger partial charge in [-0.3, -0.25) is 0 Å². The highest BCUT2D eigenvalue weighted by Crippen LogP contribution is 2.52. The molecule has 3 N–H and O–H groups in total. The first-order valence-corrected chi connectivity index (χ1v) is 6.01. The number of rotatable bonds is 2. The smallest absolute Gasteiger partial charge is 0.137 e. The van der Waals surface area contributed by atoms with Crippen molar-refractivity contribution in [2.75, 3.05) is 6.54 Å². The number of hydrogen-bond donors (Lipinski definition) is 2. The van der Waals surface area contributed by atoms with Crippen molar-refractivity contribution in [3.63, 3.8) is 0 Å². The van der Waals surface area contributed by atoms with Gasteiger partial charge in [-0.2, -0.15) is 0 Å². The first-order chi connectivity index (χ1) is 7.44. The Morgan fingerprint density at radius 1 is 1.19 bits per heavy atom. The summed E-state index contributed by atoms with van der Waals surface area (Å²) in [6.45, 7) is 6.59. The van der Waals surface area contributed by atoms with Crippen LogP contribution < -0.4 is 5.73 Å². The monoisotopic (exact) mass is 239 g/mol. The van der Waals surface area contributed by atoms with E-state index in [4.69, 9.17) is 17.3 Å². The molecule has 88 valence electrons. The molecule has 2 nitrogen and oxygen atoms in total. The van der Waals surface area contributed by atoms with Gasteiger partial charge in [0, 0.05) is 12.0 Å². The number of phenols is 1. The van der Waals surface area contributed by atoms with Gasteiger partial charge in [-0.1, -0.05) is 11.6 Å². The zero-order valence-electron chi connectivity index (χ0n) is 10.0. The minimum absolute atomic E-state index is 0.121. The molecule has 2 rings (SSSR count). The highest BCUT2D eigenvalue weighted by atomic mass is 35.5. The number of phenolic OH excluding ortho intramolecular Hbond substituents is 1. The van der Waals surface area contributed by atoms with E-state index in [2.05, 4.69) is 0 Å². The third-order valence-electron chi connectivity index (χ3n) is 3.98. The molecule has 1 saturated carbocycles. The molecule has 0 amide bonds. The topological polar surface area (TPSA) is 46.2 Å². The van der Waals surface area contributed by atoms with Gasteiger partial charge >= 0.3 is 0 Å². The fourth-order valence-electron chi connectivity index (χ4n) is 2.60. The molecule has 1 aromatic carbocycles. The third-order valence-corrected chi connectivity index (χ3v) is 4.44. The van der Waals surface area contributed by atoms with Crippen molar-refractivity contribution in [1.82, 2.24) is 0 Å². The van der Waals surface area contributed by atoms with Crippen molar-refractivity contribution in [1.29, 1.82) is 0 Å². The molecule has 0 aliphatic heterocycles. The summed E-state index contributed by atoms with van der Waals surface area (Å²) in [6.07, 6.45) is 2.26. The summed E-state index contributed by atoms with van der Waals surface area (Å²) in [5.74, 6) is 0.216. The van der Waals surface area contributed by atoms with Crippen LogP contribution in [0, 0.1) is 20.8 Å². The van der Waals surface area contributed by atoms with E-state index in [0.717, 1.165) is 29.5 Å². The maximum atomic E-state index is 9.89. The lowest BCUT2D eigenvalue weighted by Crippen LogP contribution is -2.22. The number of aromatic hydroxyl groups is 1. The minimum atomic E-state index is 0.121. The molecule has 0 heterocycles. The van der Waals surface area contributed by atoms with E-state index in [9.17, 15) is 5.11 Å². The Hall–Kier alpha value is -0.730. The Kier molecular flexibility index (Phi) is 2.67. The van der Waals surface area contributed by atoms with Gasteiger partial charge in [-0.05, 0) is 55.9 Å². The maximum Gasteiger partial charge on any atom is 0.137 e. The minimum Gasteiger partial charge on any atom is -0.506 e. The van der Waals surface area contributed by atoms with Gasteiger partial charge < -0.3 is 10.8 Å². The van der Waals surface area contributed by atoms with E-state index in [1.165, 1.54) is 5.56 Å². The largest absolute Gasteiger partial charge is 0.506 e. The predicted octanol–water partition coefficient (Wildman–Crippen LogP) is 2.96. The van der Waals surface area contributed by atoms with E-state index in [1.807, 2.05) is 20.8 Å². The lowest BCUT2D eigenvalue weighted by Gasteiger charge is -2.22. The summed E-state index contributed by atoms with van der Waals surface area (Å²) in [4.78, 5) is 0. The molecule has 1 aliphatic carbocycles. The molecule has 1 fully saturated rings. The van der Waals surface area contributed by atoms with E-state index >= 15 is 0 Å². The van der Waals surface area contributed by atoms with Gasteiger partial charge in [0.25, 0.3) is 0 Å². The number of halogens is 1. The fourth-order valence-corrected chi connectivity index (χ4v) is 2.84. The highest BCUT2D eigenvalue weighted by Gasteiger charge is 2.45. The molecule has 3 heteroatoms. The number of hydrogen-bond acceptors (Lipinski definition) is 2. The van der Waals surface area contributed by atoms with Gasteiger partial charge in [-0.25, -0.2) is 0 Å². The quantitative estimate of drug-likeness (QED) is 0.834. The number of benzene rings is 1. The molecule has 0 atom stereocenters. The zero-order valence-corrected chi connectivity index (χ0v) is 10.8. The van der Waals surface area contributed by atoms with Crippen molar-refractivity contribution in [3.8, 4) is 5.75 Å². The first kappa shape index (κ1) is 11.7. The molecule has 0 spiro atoms. The molecule has 0 radical (unpaired) electrons. The Morgan fingerprint density at radius 2 is 1.75 bits per heavy atom. The van der Waals surface area contributed by atoms with E-state index < -0.39 is 0 Å². The summed E-state index contributed by atoms with van der Waals surface area (Å²) < 4.78 is 0. The summed E-state index contributed by atoms with van der Waals surface area (Å²) in [5.41, 5.74) is 10.3. The maximum absolute atomic E-state index is 9.89. The number of nitrogens with two attached hydrogens (primary N) is 1. The fraction of sp³-hybridized carbons (Fsp3) is 0.538. The van der Waals surface area contributed by atoms with Crippen LogP contribution in [0.4, 0.5) is 0 Å². The Balaban J connectivity index is 2.71. The van der Waals surface area contributed by atoms with Gasteiger partial charge in [0.1, 0.15) is 5.75 Å². The molecule has 0 aromatic heterocycles. The lowest BCUT2D eigenvalue weighted by atomic mass is 9.85. The van der Waals surface area contributed by atoms with Gasteiger partial charge in [0.15, 0.2) is 0 Å². The van der Waals surface area contributed by atoms with Crippen LogP contribution in [0.2, 0.25) is 5.02 Å². The summed E-state index contributed by atoms with van der Waals surface area (Å²) in [6, 6.07) is 0. The standard InChI is InChI=1S/C13H18ClNO/c1-7-8(2)12(16)11(14)9(3)10(7)13(6-15)4-5-13/h16H,4-6,15H2,1-3H3. The average molecular weight is 240 g/mol. The molecule has 1 aliphatic rings. The van der Waals surface area contributed by atoms with Crippen LogP contribution in [0.5, 0.6) is 5.75 Å². The predicted molar refractivity (Wildman–Crippen MR) is 67.3 cm³/mol. The molecule has 0 saturated heterocycles. The van der Waals surface area contributed by atoms with Gasteiger partial charge in [0.2, 0.25) is 0 Å². The second-order valence-electron chi connectivity index (χ2n) is 4.90. The van der Waals surface area contributed by atoms with Crippen LogP contribution in [0.15, 0.2) is 0 Å². The normalized spacial score (nSPS) is 17.6. The van der Waals surface area contributed by atoms with Crippen LogP contribution in [0.25, 0.3) is 0 Å². The molecule has 0 bridgehead atoms. The van der Waals surface area contributed by atoms with Crippen LogP contribution in [-0.2, 0) is 5.41 Å². The van der Waals surface area contributed by atoms with E-state index in [0.29, 0.717) is 11.6 Å². The SMILES string of the molecule is Cc1c(C)c(C2(CN)CC2)c(C)c(Cl)c1O. The Labute approximate surface area is 101 Å². The van der Waals surface area contributed by atoms with Gasteiger partial charge in [-0.15, -0.1) is 0 Å². The molecule has 0 unspecified atom stereocenters. The molecule has 1 aromatic rings. The van der Waals surface area contributed by atoms with E-state index in [1.54, 1.807) is 0 Å². The van der Waals surface area contributed by atoms with Gasteiger partial charge in [0.05, 0.1) is 5.02 Å². The molecular weight excluding hydrogens is 222 g/mol. The average Bonchev–Trinajstić information content (AvgIpc) is 3.05. The van der Waals surface area contributed by atoms with Crippen molar-refractivity contribution in [2.45, 2.75) is 39.0 Å². The first-order valence-electron chi connectivity index (χ1n) is 5.63. The van der Waals surface area contributed by atoms with Crippen LogP contribution in [0.3, 0.4) is 0 Å². The lowest BCUT2D eigenvalue weighted by molar-refractivity contribution is 0.469. The second-order valence-corrected chi connectivity index (χ2v) is 5.28. The van der Waals surface area contributed by atoms with Crippen molar-refractivity contribution >= 4 is 11.6 Å². The highest BCUT2D eigenvalue weighted by molar-refractivity contribution is 6.33. The Bertz CT molecular complexity index is 421. The van der Waals surface area contributed by atoms with E-state index in [-0.39, 0.29) is 11.2 Å². The van der Waals surface area contributed by atoms with Crippen molar-refractivity contribution < 1.29 is 5.11 Å².